The number of thioether (sulfide) groups is 1. The number of benzene rings is 3. The molecule has 0 unspecified atom stereocenters. The second-order valence-electron chi connectivity index (χ2n) is 8.01. The van der Waals surface area contributed by atoms with Gasteiger partial charge in [-0.05, 0) is 77.3 Å². The first kappa shape index (κ1) is 25.7. The molecule has 1 saturated heterocycles. The third-order valence-corrected chi connectivity index (χ3v) is 6.90. The van der Waals surface area contributed by atoms with E-state index in [1.54, 1.807) is 37.5 Å². The van der Waals surface area contributed by atoms with Gasteiger partial charge >= 0.3 is 0 Å². The van der Waals surface area contributed by atoms with Crippen LogP contribution in [0.4, 0.5) is 9.18 Å². The van der Waals surface area contributed by atoms with Crippen molar-refractivity contribution in [3.05, 3.63) is 111 Å². The Morgan fingerprint density at radius 3 is 2.42 bits per heavy atom. The summed E-state index contributed by atoms with van der Waals surface area (Å²) in [6.07, 6.45) is 3.96. The van der Waals surface area contributed by atoms with E-state index in [0.717, 1.165) is 32.3 Å². The van der Waals surface area contributed by atoms with Crippen LogP contribution in [0.5, 0.6) is 11.5 Å². The predicted molar refractivity (Wildman–Crippen MR) is 143 cm³/mol. The minimum atomic E-state index is -0.394. The highest BCUT2D eigenvalue weighted by Gasteiger charge is 2.35. The molecule has 1 aliphatic heterocycles. The number of ether oxygens (including phenoxy) is 2. The van der Waals surface area contributed by atoms with E-state index in [1.165, 1.54) is 12.1 Å². The normalized spacial score (nSPS) is 14.4. The van der Waals surface area contributed by atoms with E-state index < -0.39 is 5.91 Å². The van der Waals surface area contributed by atoms with Crippen LogP contribution in [0.2, 0.25) is 0 Å². The number of allylic oxidation sites excluding steroid dienone is 1. The van der Waals surface area contributed by atoms with Gasteiger partial charge in [-0.3, -0.25) is 14.5 Å². The summed E-state index contributed by atoms with van der Waals surface area (Å²) in [5.74, 6) is 0.348. The van der Waals surface area contributed by atoms with Gasteiger partial charge in [-0.25, -0.2) is 4.39 Å². The molecule has 1 heterocycles. The molecule has 2 amide bonds. The van der Waals surface area contributed by atoms with E-state index in [0.29, 0.717) is 40.6 Å². The van der Waals surface area contributed by atoms with Gasteiger partial charge in [-0.2, -0.15) is 0 Å². The lowest BCUT2D eigenvalue weighted by Crippen LogP contribution is -2.27. The van der Waals surface area contributed by atoms with Gasteiger partial charge in [0.15, 0.2) is 11.5 Å². The number of halogens is 2. The van der Waals surface area contributed by atoms with Crippen LogP contribution in [0.25, 0.3) is 6.08 Å². The smallest absolute Gasteiger partial charge is 0.293 e. The number of carbonyl (C=O) groups excluding carboxylic acids is 2. The van der Waals surface area contributed by atoms with Crippen LogP contribution >= 0.6 is 27.7 Å². The highest BCUT2D eigenvalue weighted by Crippen LogP contribution is 2.38. The maximum atomic E-state index is 13.2. The molecule has 36 heavy (non-hydrogen) atoms. The Balaban J connectivity index is 1.58. The quantitative estimate of drug-likeness (QED) is 0.203. The highest BCUT2D eigenvalue weighted by molar-refractivity contribution is 9.10. The molecule has 1 aliphatic rings. The van der Waals surface area contributed by atoms with Crippen molar-refractivity contribution in [1.82, 2.24) is 4.90 Å². The zero-order valence-corrected chi connectivity index (χ0v) is 21.9. The van der Waals surface area contributed by atoms with E-state index >= 15 is 0 Å². The predicted octanol–water partition coefficient (Wildman–Crippen LogP) is 7.14. The summed E-state index contributed by atoms with van der Waals surface area (Å²) in [6, 6.07) is 17.2. The number of methoxy groups -OCH3 is 1. The van der Waals surface area contributed by atoms with E-state index in [-0.39, 0.29) is 17.6 Å². The Bertz CT molecular complexity index is 1320. The molecular weight excluding hydrogens is 545 g/mol. The lowest BCUT2D eigenvalue weighted by atomic mass is 10.0. The first-order valence-corrected chi connectivity index (χ1v) is 12.7. The zero-order valence-electron chi connectivity index (χ0n) is 19.5. The van der Waals surface area contributed by atoms with Crippen molar-refractivity contribution in [1.29, 1.82) is 0 Å². The van der Waals surface area contributed by atoms with Gasteiger partial charge in [-0.1, -0.05) is 46.3 Å². The zero-order chi connectivity index (χ0) is 25.7. The van der Waals surface area contributed by atoms with Crippen LogP contribution in [0.3, 0.4) is 0 Å². The molecule has 1 fully saturated rings. The Morgan fingerprint density at radius 1 is 1.06 bits per heavy atom. The van der Waals surface area contributed by atoms with Gasteiger partial charge in [-0.15, -0.1) is 6.58 Å². The first-order chi connectivity index (χ1) is 17.4. The molecule has 3 aromatic rings. The average molecular weight is 568 g/mol. The molecule has 0 aromatic heterocycles. The molecule has 0 bridgehead atoms. The third kappa shape index (κ3) is 6.06. The fourth-order valence-electron chi connectivity index (χ4n) is 3.69. The van der Waals surface area contributed by atoms with Crippen molar-refractivity contribution in [3.8, 4) is 11.5 Å². The van der Waals surface area contributed by atoms with E-state index in [1.807, 2.05) is 30.3 Å². The third-order valence-electron chi connectivity index (χ3n) is 5.46. The molecule has 0 aliphatic carbocycles. The number of carbonyl (C=O) groups is 2. The molecule has 0 atom stereocenters. The van der Waals surface area contributed by atoms with Crippen molar-refractivity contribution in [2.24, 2.45) is 0 Å². The van der Waals surface area contributed by atoms with Crippen LogP contribution in [0.15, 0.2) is 82.7 Å². The van der Waals surface area contributed by atoms with Crippen LogP contribution in [0, 0.1) is 5.82 Å². The Morgan fingerprint density at radius 2 is 1.75 bits per heavy atom. The topological polar surface area (TPSA) is 55.8 Å². The second kappa shape index (κ2) is 11.6. The summed E-state index contributed by atoms with van der Waals surface area (Å²) in [5.41, 5.74) is 3.22. The largest absolute Gasteiger partial charge is 0.493 e. The average Bonchev–Trinajstić information content (AvgIpc) is 3.12. The monoisotopic (exact) mass is 567 g/mol. The molecule has 8 heteroatoms. The second-order valence-corrected chi connectivity index (χ2v) is 9.92. The summed E-state index contributed by atoms with van der Waals surface area (Å²) in [6.45, 7) is 4.28. The van der Waals surface area contributed by atoms with Crippen molar-refractivity contribution in [2.75, 3.05) is 7.11 Å². The van der Waals surface area contributed by atoms with Gasteiger partial charge in [0, 0.05) is 10.0 Å². The van der Waals surface area contributed by atoms with E-state index in [2.05, 4.69) is 22.5 Å². The molecule has 0 N–H and O–H groups in total. The molecule has 3 aromatic carbocycles. The summed E-state index contributed by atoms with van der Waals surface area (Å²) in [4.78, 5) is 27.0. The minimum Gasteiger partial charge on any atom is -0.493 e. The maximum absolute atomic E-state index is 13.2. The van der Waals surface area contributed by atoms with E-state index in [4.69, 9.17) is 9.47 Å². The number of amides is 2. The molecule has 0 saturated carbocycles. The lowest BCUT2D eigenvalue weighted by molar-refractivity contribution is -0.123. The van der Waals surface area contributed by atoms with Gasteiger partial charge < -0.3 is 9.47 Å². The summed E-state index contributed by atoms with van der Waals surface area (Å²) in [7, 11) is 1.56. The molecule has 0 radical (unpaired) electrons. The number of rotatable bonds is 9. The van der Waals surface area contributed by atoms with Crippen molar-refractivity contribution < 1.29 is 23.5 Å². The van der Waals surface area contributed by atoms with Gasteiger partial charge in [0.2, 0.25) is 0 Å². The maximum Gasteiger partial charge on any atom is 0.293 e. The fourth-order valence-corrected chi connectivity index (χ4v) is 4.79. The van der Waals surface area contributed by atoms with Crippen LogP contribution in [0.1, 0.15) is 22.3 Å². The fraction of sp³-hybridized carbons (Fsp3) is 0.143. The van der Waals surface area contributed by atoms with E-state index in [9.17, 15) is 14.0 Å². The molecular formula is C28H23BrFNO4S. The van der Waals surface area contributed by atoms with Crippen molar-refractivity contribution in [2.45, 2.75) is 19.6 Å². The Hall–Kier alpha value is -3.36. The molecule has 5 nitrogen and oxygen atoms in total. The molecule has 4 rings (SSSR count). The van der Waals surface area contributed by atoms with Crippen LogP contribution in [-0.2, 0) is 24.4 Å². The SMILES string of the molecule is C=CCc1cc(/C=C2\SC(=O)N(Cc3ccc(F)cc3)C2=O)cc(OC)c1OCc1ccc(Br)cc1. The van der Waals surface area contributed by atoms with Crippen molar-refractivity contribution >= 4 is 44.9 Å². The lowest BCUT2D eigenvalue weighted by Gasteiger charge is -2.16. The first-order valence-electron chi connectivity index (χ1n) is 11.1. The van der Waals surface area contributed by atoms with Gasteiger partial charge in [0.25, 0.3) is 11.1 Å². The number of hydrogen-bond acceptors (Lipinski definition) is 5. The Labute approximate surface area is 221 Å². The Kier molecular flexibility index (Phi) is 8.28. The van der Waals surface area contributed by atoms with Gasteiger partial charge in [0.05, 0.1) is 18.6 Å². The molecule has 184 valence electrons. The number of nitrogens with zero attached hydrogens (tertiary/aromatic N) is 1. The van der Waals surface area contributed by atoms with Gasteiger partial charge in [0.1, 0.15) is 12.4 Å². The summed E-state index contributed by atoms with van der Waals surface area (Å²) in [5, 5.41) is -0.372. The number of imide groups is 1. The van der Waals surface area contributed by atoms with Crippen LogP contribution < -0.4 is 9.47 Å². The highest BCUT2D eigenvalue weighted by atomic mass is 79.9. The summed E-state index contributed by atoms with van der Waals surface area (Å²) < 4.78 is 25.9. The van der Waals surface area contributed by atoms with Crippen molar-refractivity contribution in [3.63, 3.8) is 0 Å². The summed E-state index contributed by atoms with van der Waals surface area (Å²) >= 11 is 4.30. The molecule has 0 spiro atoms. The number of hydrogen-bond donors (Lipinski definition) is 0. The van der Waals surface area contributed by atoms with Crippen LogP contribution in [-0.4, -0.2) is 23.2 Å². The standard InChI is InChI=1S/C28H23BrFNO4S/c1-3-4-21-13-20(14-24(34-2)26(21)35-17-19-5-9-22(29)10-6-19)15-25-27(32)31(28(33)36-25)16-18-7-11-23(30)12-8-18/h3,5-15H,1,4,16-17H2,2H3/b25-15-. The minimum absolute atomic E-state index is 0.0795.